The number of halogens is 2. The van der Waals surface area contributed by atoms with Gasteiger partial charge in [0.1, 0.15) is 0 Å². The van der Waals surface area contributed by atoms with Crippen molar-refractivity contribution in [2.75, 3.05) is 5.73 Å². The van der Waals surface area contributed by atoms with Crippen molar-refractivity contribution >= 4 is 29.9 Å². The van der Waals surface area contributed by atoms with Gasteiger partial charge in [-0.3, -0.25) is 0 Å². The Bertz CT molecular complexity index is 212. The lowest BCUT2D eigenvalue weighted by Gasteiger charge is -1.97. The van der Waals surface area contributed by atoms with Crippen molar-refractivity contribution in [3.8, 4) is 0 Å². The number of hydrogen-bond donors (Lipinski definition) is 2. The minimum atomic E-state index is 0. The molecule has 0 unspecified atom stereocenters. The number of thiol groups is 1. The Balaban J connectivity index is 0. The Morgan fingerprint density at radius 3 is 2.50 bits per heavy atom. The molecule has 0 aliphatic heterocycles. The number of rotatable bonds is 0. The van der Waals surface area contributed by atoms with Crippen LogP contribution in [-0.4, -0.2) is 0 Å². The van der Waals surface area contributed by atoms with Crippen molar-refractivity contribution in [3.05, 3.63) is 23.2 Å². The van der Waals surface area contributed by atoms with E-state index >= 15 is 0 Å². The molecule has 0 saturated heterocycles. The second-order valence-electron chi connectivity index (χ2n) is 1.68. The number of anilines is 1. The molecule has 1 rings (SSSR count). The van der Waals surface area contributed by atoms with Crippen molar-refractivity contribution in [2.24, 2.45) is 0 Å². The first-order valence-electron chi connectivity index (χ1n) is 2.45. The zero-order chi connectivity index (χ0) is 6.85. The molecule has 0 atom stereocenters. The van der Waals surface area contributed by atoms with Crippen LogP contribution in [-0.2, 0) is 0 Å². The number of nitrogens with two attached hydrogens (primary N) is 1. The summed E-state index contributed by atoms with van der Waals surface area (Å²) in [5.41, 5.74) is 6.01. The van der Waals surface area contributed by atoms with Crippen LogP contribution in [0.15, 0.2) is 23.1 Å². The lowest BCUT2D eigenvalue weighted by molar-refractivity contribution is -0.00000167. The summed E-state index contributed by atoms with van der Waals surface area (Å²) >= 11 is 9.73. The summed E-state index contributed by atoms with van der Waals surface area (Å²) < 4.78 is 0. The predicted molar refractivity (Wildman–Crippen MR) is 44.2 cm³/mol. The molecule has 0 heterocycles. The Morgan fingerprint density at radius 2 is 2.10 bits per heavy atom. The zero-order valence-electron chi connectivity index (χ0n) is 6.01. The van der Waals surface area contributed by atoms with Gasteiger partial charge in [-0.2, -0.15) is 0 Å². The van der Waals surface area contributed by atoms with Gasteiger partial charge in [-0.25, -0.2) is 0 Å². The third-order valence-electron chi connectivity index (χ3n) is 1.01. The summed E-state index contributed by atoms with van der Waals surface area (Å²) in [6, 6.07) is 5.34. The molecule has 1 aromatic carbocycles. The van der Waals surface area contributed by atoms with Gasteiger partial charge in [0.05, 0.1) is 10.7 Å². The molecule has 1 aromatic rings. The van der Waals surface area contributed by atoms with Crippen LogP contribution < -0.4 is 18.1 Å². The molecule has 0 saturated carbocycles. The lowest BCUT2D eigenvalue weighted by Crippen LogP contribution is -3.00. The van der Waals surface area contributed by atoms with Crippen molar-refractivity contribution in [3.63, 3.8) is 0 Å². The Kier molecular flexibility index (Phi) is 3.94. The number of hydrogen-bond acceptors (Lipinski definition) is 2. The second kappa shape index (κ2) is 3.96. The molecule has 0 aliphatic carbocycles. The van der Waals surface area contributed by atoms with Crippen LogP contribution in [0.5, 0.6) is 0 Å². The van der Waals surface area contributed by atoms with Crippen LogP contribution in [0.4, 0.5) is 5.69 Å². The monoisotopic (exact) mass is 195 g/mol. The third kappa shape index (κ3) is 1.97. The molecule has 0 aromatic heterocycles. The van der Waals surface area contributed by atoms with E-state index in [2.05, 4.69) is 12.6 Å². The van der Waals surface area contributed by atoms with E-state index in [1.807, 2.05) is 6.07 Å². The van der Waals surface area contributed by atoms with Gasteiger partial charge in [0, 0.05) is 4.90 Å². The minimum Gasteiger partial charge on any atom is -1.00 e. The van der Waals surface area contributed by atoms with E-state index in [9.17, 15) is 0 Å². The first-order valence-corrected chi connectivity index (χ1v) is 3.27. The fraction of sp³-hybridized carbons (Fsp3) is 0. The average molecular weight is 196 g/mol. The lowest BCUT2D eigenvalue weighted by atomic mass is 10.3. The Morgan fingerprint density at radius 1 is 1.50 bits per heavy atom. The highest BCUT2D eigenvalue weighted by molar-refractivity contribution is 7.80. The standard InChI is InChI=1S/C6H6ClNS.ClH/c7-6-4(8)2-1-3-5(6)9;/h1-3,9H,8H2;1H. The smallest absolute Gasteiger partial charge is 1.00 e. The predicted octanol–water partition coefficient (Wildman–Crippen LogP) is -0.673. The Hall–Kier alpha value is -0.0500. The quantitative estimate of drug-likeness (QED) is 0.417. The Labute approximate surface area is 77.9 Å². The molecular weight excluding hydrogens is 189 g/mol. The maximum Gasteiger partial charge on any atom is 1.00 e. The van der Waals surface area contributed by atoms with Crippen molar-refractivity contribution in [2.45, 2.75) is 4.90 Å². The average Bonchev–Trinajstić information content (AvgIpc) is 1.83. The summed E-state index contributed by atoms with van der Waals surface area (Å²) in [7, 11) is 0. The fourth-order valence-electron chi connectivity index (χ4n) is 0.537. The van der Waals surface area contributed by atoms with Gasteiger partial charge in [0.25, 0.3) is 0 Å². The highest BCUT2D eigenvalue weighted by Gasteiger charge is 1.96. The summed E-state index contributed by atoms with van der Waals surface area (Å²) in [6.45, 7) is 0. The maximum atomic E-state index is 5.68. The van der Waals surface area contributed by atoms with Gasteiger partial charge in [-0.1, -0.05) is 17.7 Å². The molecule has 0 bridgehead atoms. The summed E-state index contributed by atoms with van der Waals surface area (Å²) in [4.78, 5) is 0.719. The molecule has 4 heteroatoms. The maximum absolute atomic E-state index is 5.68. The van der Waals surface area contributed by atoms with E-state index in [1.54, 1.807) is 12.1 Å². The molecule has 0 aliphatic rings. The minimum absolute atomic E-state index is 0. The molecular formula is C6H7Cl2NS. The summed E-state index contributed by atoms with van der Waals surface area (Å²) in [6.07, 6.45) is 0. The topological polar surface area (TPSA) is 26.0 Å². The van der Waals surface area contributed by atoms with Crippen LogP contribution in [0.3, 0.4) is 0 Å². The second-order valence-corrected chi connectivity index (χ2v) is 2.54. The largest absolute Gasteiger partial charge is 1.00 e. The van der Waals surface area contributed by atoms with E-state index in [-0.39, 0.29) is 13.8 Å². The summed E-state index contributed by atoms with van der Waals surface area (Å²) in [5, 5.41) is 0.529. The molecule has 56 valence electrons. The van der Waals surface area contributed by atoms with E-state index in [0.29, 0.717) is 10.7 Å². The molecule has 0 radical (unpaired) electrons. The molecule has 0 amide bonds. The van der Waals surface area contributed by atoms with Crippen LogP contribution in [0.25, 0.3) is 0 Å². The van der Waals surface area contributed by atoms with Crippen LogP contribution >= 0.6 is 24.2 Å². The fourth-order valence-corrected chi connectivity index (χ4v) is 0.878. The molecule has 10 heavy (non-hydrogen) atoms. The van der Waals surface area contributed by atoms with Crippen LogP contribution in [0, 0.1) is 0 Å². The van der Waals surface area contributed by atoms with Crippen LogP contribution in [0.2, 0.25) is 5.02 Å². The van der Waals surface area contributed by atoms with Gasteiger partial charge in [-0.05, 0) is 12.1 Å². The highest BCUT2D eigenvalue weighted by atomic mass is 35.5. The van der Waals surface area contributed by atoms with E-state index in [4.69, 9.17) is 17.3 Å². The van der Waals surface area contributed by atoms with Crippen molar-refractivity contribution < 1.29 is 13.8 Å². The SMILES string of the molecule is Nc1cccc(S)c1Cl.[Cl-].[H+]. The van der Waals surface area contributed by atoms with Crippen LogP contribution in [0.1, 0.15) is 1.43 Å². The molecule has 0 fully saturated rings. The first kappa shape index (κ1) is 9.95. The highest BCUT2D eigenvalue weighted by Crippen LogP contribution is 2.25. The van der Waals surface area contributed by atoms with E-state index in [0.717, 1.165) is 4.90 Å². The van der Waals surface area contributed by atoms with E-state index in [1.165, 1.54) is 0 Å². The zero-order valence-corrected chi connectivity index (χ0v) is 7.42. The first-order chi connectivity index (χ1) is 4.22. The number of nitrogen functional groups attached to an aromatic ring is 1. The van der Waals surface area contributed by atoms with Crippen molar-refractivity contribution in [1.29, 1.82) is 0 Å². The van der Waals surface area contributed by atoms with Gasteiger partial charge in [0.2, 0.25) is 0 Å². The van der Waals surface area contributed by atoms with Gasteiger partial charge in [-0.15, -0.1) is 12.6 Å². The van der Waals surface area contributed by atoms with Gasteiger partial charge >= 0.3 is 1.43 Å². The molecule has 0 spiro atoms. The van der Waals surface area contributed by atoms with Gasteiger partial charge in [0.15, 0.2) is 0 Å². The summed E-state index contributed by atoms with van der Waals surface area (Å²) in [5.74, 6) is 0. The van der Waals surface area contributed by atoms with Crippen molar-refractivity contribution in [1.82, 2.24) is 0 Å². The molecule has 2 N–H and O–H groups in total. The van der Waals surface area contributed by atoms with E-state index < -0.39 is 0 Å². The normalized spacial score (nSPS) is 8.60. The third-order valence-corrected chi connectivity index (χ3v) is 1.93. The number of benzene rings is 1. The van der Waals surface area contributed by atoms with Gasteiger partial charge < -0.3 is 18.1 Å². The molecule has 1 nitrogen and oxygen atoms in total.